The number of benzene rings is 1. The lowest BCUT2D eigenvalue weighted by molar-refractivity contribution is -0.115. The van der Waals surface area contributed by atoms with Gasteiger partial charge >= 0.3 is 0 Å². The third kappa shape index (κ3) is 1.32. The molecule has 0 saturated heterocycles. The molecule has 0 fully saturated rings. The maximum absolute atomic E-state index is 11.2. The third-order valence-corrected chi connectivity index (χ3v) is 2.44. The summed E-state index contributed by atoms with van der Waals surface area (Å²) in [6, 6.07) is 5.52. The van der Waals surface area contributed by atoms with Crippen molar-refractivity contribution in [3.63, 3.8) is 0 Å². The Morgan fingerprint density at radius 2 is 2.36 bits per heavy atom. The zero-order valence-corrected chi connectivity index (χ0v) is 7.79. The molecule has 1 aromatic rings. The lowest BCUT2D eigenvalue weighted by atomic mass is 9.99. The first-order chi connectivity index (χ1) is 6.72. The van der Waals surface area contributed by atoms with E-state index in [9.17, 15) is 4.79 Å². The summed E-state index contributed by atoms with van der Waals surface area (Å²) >= 11 is 0. The van der Waals surface area contributed by atoms with Gasteiger partial charge in [-0.15, -0.1) is 6.58 Å². The molecule has 1 heterocycles. The monoisotopic (exact) mass is 188 g/mol. The second kappa shape index (κ2) is 3.27. The van der Waals surface area contributed by atoms with Gasteiger partial charge < -0.3 is 11.1 Å². The molecule has 1 atom stereocenters. The lowest BCUT2D eigenvalue weighted by Crippen LogP contribution is -2.09. The smallest absolute Gasteiger partial charge is 0.228 e. The quantitative estimate of drug-likeness (QED) is 0.689. The molecule has 2 rings (SSSR count). The second-order valence-electron chi connectivity index (χ2n) is 3.36. The molecule has 1 amide bonds. The normalized spacial score (nSPS) is 15.9. The summed E-state index contributed by atoms with van der Waals surface area (Å²) in [7, 11) is 0. The number of nitrogens with one attached hydrogen (secondary N) is 1. The van der Waals surface area contributed by atoms with E-state index >= 15 is 0 Å². The largest absolute Gasteiger partial charge is 0.326 e. The van der Waals surface area contributed by atoms with Gasteiger partial charge in [0.25, 0.3) is 0 Å². The Morgan fingerprint density at radius 3 is 3.07 bits per heavy atom. The van der Waals surface area contributed by atoms with E-state index in [4.69, 9.17) is 5.73 Å². The first kappa shape index (κ1) is 8.97. The maximum Gasteiger partial charge on any atom is 0.228 e. The second-order valence-corrected chi connectivity index (χ2v) is 3.36. The van der Waals surface area contributed by atoms with Crippen LogP contribution in [-0.2, 0) is 11.2 Å². The number of rotatable bonds is 2. The van der Waals surface area contributed by atoms with Crippen LogP contribution in [0.15, 0.2) is 30.9 Å². The SMILES string of the molecule is C=CC(N)c1cccc2c1CC(=O)N2. The van der Waals surface area contributed by atoms with E-state index in [0.29, 0.717) is 6.42 Å². The van der Waals surface area contributed by atoms with Gasteiger partial charge in [-0.1, -0.05) is 18.2 Å². The van der Waals surface area contributed by atoms with Crippen LogP contribution in [-0.4, -0.2) is 5.91 Å². The van der Waals surface area contributed by atoms with E-state index < -0.39 is 0 Å². The van der Waals surface area contributed by atoms with Crippen molar-refractivity contribution in [2.75, 3.05) is 5.32 Å². The minimum Gasteiger partial charge on any atom is -0.326 e. The van der Waals surface area contributed by atoms with Crippen LogP contribution in [0.1, 0.15) is 17.2 Å². The third-order valence-electron chi connectivity index (χ3n) is 2.44. The molecular formula is C11H12N2O. The minimum atomic E-state index is -0.197. The summed E-state index contributed by atoms with van der Waals surface area (Å²) in [5, 5.41) is 2.79. The van der Waals surface area contributed by atoms with Gasteiger partial charge in [0.15, 0.2) is 0 Å². The molecule has 3 heteroatoms. The maximum atomic E-state index is 11.2. The molecule has 1 aliphatic heterocycles. The van der Waals surface area contributed by atoms with Crippen molar-refractivity contribution < 1.29 is 4.79 Å². The fourth-order valence-electron chi connectivity index (χ4n) is 1.71. The first-order valence-electron chi connectivity index (χ1n) is 4.52. The summed E-state index contributed by atoms with van der Waals surface area (Å²) in [5.74, 6) is 0.0312. The van der Waals surface area contributed by atoms with Crippen LogP contribution < -0.4 is 11.1 Å². The Balaban J connectivity index is 2.49. The molecule has 0 bridgehead atoms. The van der Waals surface area contributed by atoms with Crippen molar-refractivity contribution in [1.82, 2.24) is 0 Å². The van der Waals surface area contributed by atoms with Crippen molar-refractivity contribution in [2.24, 2.45) is 5.73 Å². The summed E-state index contributed by atoms with van der Waals surface area (Å²) in [6.07, 6.45) is 2.10. The molecule has 0 aromatic heterocycles. The highest BCUT2D eigenvalue weighted by Crippen LogP contribution is 2.29. The van der Waals surface area contributed by atoms with Crippen LogP contribution in [0.25, 0.3) is 0 Å². The van der Waals surface area contributed by atoms with Crippen LogP contribution >= 0.6 is 0 Å². The van der Waals surface area contributed by atoms with E-state index in [1.807, 2.05) is 18.2 Å². The molecule has 3 nitrogen and oxygen atoms in total. The summed E-state index contributed by atoms with van der Waals surface area (Å²) < 4.78 is 0. The van der Waals surface area contributed by atoms with Gasteiger partial charge in [0.05, 0.1) is 6.42 Å². The topological polar surface area (TPSA) is 55.1 Å². The highest BCUT2D eigenvalue weighted by atomic mass is 16.1. The number of amides is 1. The predicted molar refractivity (Wildman–Crippen MR) is 55.9 cm³/mol. The molecule has 0 aliphatic carbocycles. The van der Waals surface area contributed by atoms with Gasteiger partial charge in [0.1, 0.15) is 0 Å². The van der Waals surface area contributed by atoms with Crippen molar-refractivity contribution in [2.45, 2.75) is 12.5 Å². The molecule has 72 valence electrons. The molecule has 1 aliphatic rings. The van der Waals surface area contributed by atoms with E-state index in [1.54, 1.807) is 6.08 Å². The average Bonchev–Trinajstić information content (AvgIpc) is 2.56. The number of hydrogen-bond acceptors (Lipinski definition) is 2. The fraction of sp³-hybridized carbons (Fsp3) is 0.182. The predicted octanol–water partition coefficient (Wildman–Crippen LogP) is 1.37. The minimum absolute atomic E-state index is 0.0312. The molecule has 0 saturated carbocycles. The zero-order chi connectivity index (χ0) is 10.1. The Kier molecular flexibility index (Phi) is 2.09. The van der Waals surface area contributed by atoms with Crippen LogP contribution in [0.2, 0.25) is 0 Å². The van der Waals surface area contributed by atoms with Gasteiger partial charge in [-0.05, 0) is 17.2 Å². The highest BCUT2D eigenvalue weighted by molar-refractivity contribution is 5.99. The van der Waals surface area contributed by atoms with Gasteiger partial charge in [-0.2, -0.15) is 0 Å². The first-order valence-corrected chi connectivity index (χ1v) is 4.52. The van der Waals surface area contributed by atoms with E-state index in [-0.39, 0.29) is 11.9 Å². The Bertz CT molecular complexity index is 398. The Morgan fingerprint density at radius 1 is 1.57 bits per heavy atom. The summed E-state index contributed by atoms with van der Waals surface area (Å²) in [5.41, 5.74) is 8.72. The van der Waals surface area contributed by atoms with Crippen molar-refractivity contribution in [3.8, 4) is 0 Å². The van der Waals surface area contributed by atoms with Gasteiger partial charge in [-0.3, -0.25) is 4.79 Å². The van der Waals surface area contributed by atoms with Crippen LogP contribution in [0.5, 0.6) is 0 Å². The van der Waals surface area contributed by atoms with Crippen molar-refractivity contribution >= 4 is 11.6 Å². The number of carbonyl (C=O) groups excluding carboxylic acids is 1. The van der Waals surface area contributed by atoms with Crippen LogP contribution in [0, 0.1) is 0 Å². The van der Waals surface area contributed by atoms with E-state index in [2.05, 4.69) is 11.9 Å². The van der Waals surface area contributed by atoms with Gasteiger partial charge in [-0.25, -0.2) is 0 Å². The summed E-state index contributed by atoms with van der Waals surface area (Å²) in [4.78, 5) is 11.2. The average molecular weight is 188 g/mol. The molecule has 0 spiro atoms. The van der Waals surface area contributed by atoms with E-state index in [0.717, 1.165) is 16.8 Å². The summed E-state index contributed by atoms with van der Waals surface area (Å²) in [6.45, 7) is 3.65. The molecule has 14 heavy (non-hydrogen) atoms. The number of anilines is 1. The standard InChI is InChI=1S/C11H12N2O/c1-2-9(12)7-4-3-5-10-8(7)6-11(14)13-10/h2-5,9H,1,6,12H2,(H,13,14). The van der Waals surface area contributed by atoms with Crippen LogP contribution in [0.3, 0.4) is 0 Å². The van der Waals surface area contributed by atoms with E-state index in [1.165, 1.54) is 0 Å². The number of fused-ring (bicyclic) bond motifs is 1. The van der Waals surface area contributed by atoms with Crippen molar-refractivity contribution in [1.29, 1.82) is 0 Å². The van der Waals surface area contributed by atoms with Crippen molar-refractivity contribution in [3.05, 3.63) is 42.0 Å². The number of hydrogen-bond donors (Lipinski definition) is 2. The number of carbonyl (C=O) groups is 1. The molecular weight excluding hydrogens is 176 g/mol. The highest BCUT2D eigenvalue weighted by Gasteiger charge is 2.21. The van der Waals surface area contributed by atoms with Gasteiger partial charge in [0, 0.05) is 11.7 Å². The molecule has 3 N–H and O–H groups in total. The lowest BCUT2D eigenvalue weighted by Gasteiger charge is -2.10. The number of nitrogens with two attached hydrogens (primary N) is 1. The Hall–Kier alpha value is -1.61. The molecule has 1 unspecified atom stereocenters. The zero-order valence-electron chi connectivity index (χ0n) is 7.79. The molecule has 1 aromatic carbocycles. The van der Waals surface area contributed by atoms with Gasteiger partial charge in [0.2, 0.25) is 5.91 Å². The Labute approximate surface area is 82.6 Å². The fourth-order valence-corrected chi connectivity index (χ4v) is 1.71. The van der Waals surface area contributed by atoms with Crippen LogP contribution in [0.4, 0.5) is 5.69 Å². The molecule has 0 radical (unpaired) electrons.